The van der Waals surface area contributed by atoms with Crippen LogP contribution in [0.4, 0.5) is 0 Å². The highest BCUT2D eigenvalue weighted by atomic mass is 16.3. The standard InChI is InChI=1S/C13H24N2O/c1-3-9-15-10-5-7-13(15)11-14-8-4-6-12(2)16/h5,7,10,12,14,16H,3-4,6,8-9,11H2,1-2H3. The molecule has 0 fully saturated rings. The molecule has 92 valence electrons. The molecular formula is C13H24N2O. The molecule has 1 aromatic heterocycles. The van der Waals surface area contributed by atoms with Crippen LogP contribution in [0, 0.1) is 0 Å². The summed E-state index contributed by atoms with van der Waals surface area (Å²) < 4.78 is 2.29. The van der Waals surface area contributed by atoms with E-state index in [4.69, 9.17) is 5.11 Å². The van der Waals surface area contributed by atoms with E-state index in [0.29, 0.717) is 0 Å². The van der Waals surface area contributed by atoms with Crippen LogP contribution in [0.15, 0.2) is 18.3 Å². The maximum atomic E-state index is 9.12. The molecule has 16 heavy (non-hydrogen) atoms. The van der Waals surface area contributed by atoms with Gasteiger partial charge in [0.15, 0.2) is 0 Å². The molecule has 0 spiro atoms. The summed E-state index contributed by atoms with van der Waals surface area (Å²) in [5.41, 5.74) is 1.35. The molecule has 3 heteroatoms. The molecule has 3 nitrogen and oxygen atoms in total. The Morgan fingerprint density at radius 1 is 1.50 bits per heavy atom. The topological polar surface area (TPSA) is 37.2 Å². The van der Waals surface area contributed by atoms with Crippen LogP contribution >= 0.6 is 0 Å². The van der Waals surface area contributed by atoms with Gasteiger partial charge in [0.05, 0.1) is 6.10 Å². The number of hydrogen-bond acceptors (Lipinski definition) is 2. The van der Waals surface area contributed by atoms with Gasteiger partial charge in [-0.1, -0.05) is 6.92 Å². The third-order valence-electron chi connectivity index (χ3n) is 2.67. The summed E-state index contributed by atoms with van der Waals surface area (Å²) in [4.78, 5) is 0. The number of nitrogens with zero attached hydrogens (tertiary/aromatic N) is 1. The van der Waals surface area contributed by atoms with Crippen LogP contribution < -0.4 is 5.32 Å². The van der Waals surface area contributed by atoms with Gasteiger partial charge < -0.3 is 15.0 Å². The van der Waals surface area contributed by atoms with Crippen molar-refractivity contribution in [2.45, 2.75) is 52.3 Å². The smallest absolute Gasteiger partial charge is 0.0512 e. The fourth-order valence-corrected chi connectivity index (χ4v) is 1.81. The SMILES string of the molecule is CCCn1cccc1CNCCCC(C)O. The molecule has 0 aliphatic carbocycles. The predicted molar refractivity (Wildman–Crippen MR) is 67.3 cm³/mol. The minimum atomic E-state index is -0.175. The first-order valence-corrected chi connectivity index (χ1v) is 6.26. The number of aryl methyl sites for hydroxylation is 1. The van der Waals surface area contributed by atoms with E-state index >= 15 is 0 Å². The van der Waals surface area contributed by atoms with Gasteiger partial charge in [0.1, 0.15) is 0 Å². The second-order valence-corrected chi connectivity index (χ2v) is 4.36. The van der Waals surface area contributed by atoms with Crippen LogP contribution in [-0.4, -0.2) is 22.3 Å². The molecule has 0 radical (unpaired) electrons. The summed E-state index contributed by atoms with van der Waals surface area (Å²) in [7, 11) is 0. The molecular weight excluding hydrogens is 200 g/mol. The third kappa shape index (κ3) is 4.81. The van der Waals surface area contributed by atoms with Gasteiger partial charge in [0, 0.05) is 25.0 Å². The fourth-order valence-electron chi connectivity index (χ4n) is 1.81. The van der Waals surface area contributed by atoms with Crippen molar-refractivity contribution in [3.05, 3.63) is 24.0 Å². The molecule has 0 amide bonds. The maximum absolute atomic E-state index is 9.12. The van der Waals surface area contributed by atoms with Crippen molar-refractivity contribution in [2.24, 2.45) is 0 Å². The minimum absolute atomic E-state index is 0.175. The molecule has 1 heterocycles. The fraction of sp³-hybridized carbons (Fsp3) is 0.692. The highest BCUT2D eigenvalue weighted by molar-refractivity contribution is 5.06. The molecule has 1 rings (SSSR count). The van der Waals surface area contributed by atoms with E-state index in [0.717, 1.165) is 32.5 Å². The monoisotopic (exact) mass is 224 g/mol. The molecule has 0 aromatic carbocycles. The lowest BCUT2D eigenvalue weighted by atomic mass is 10.2. The van der Waals surface area contributed by atoms with Crippen molar-refractivity contribution >= 4 is 0 Å². The molecule has 0 saturated carbocycles. The zero-order chi connectivity index (χ0) is 11.8. The zero-order valence-corrected chi connectivity index (χ0v) is 10.4. The van der Waals surface area contributed by atoms with Gasteiger partial charge in [-0.3, -0.25) is 0 Å². The highest BCUT2D eigenvalue weighted by Crippen LogP contribution is 2.03. The molecule has 0 bridgehead atoms. The van der Waals surface area contributed by atoms with E-state index < -0.39 is 0 Å². The summed E-state index contributed by atoms with van der Waals surface area (Å²) in [6.45, 7) is 7.03. The van der Waals surface area contributed by atoms with Crippen LogP contribution in [0.5, 0.6) is 0 Å². The van der Waals surface area contributed by atoms with Gasteiger partial charge in [-0.2, -0.15) is 0 Å². The summed E-state index contributed by atoms with van der Waals surface area (Å²) in [6.07, 6.45) is 5.04. The van der Waals surface area contributed by atoms with Gasteiger partial charge in [0.2, 0.25) is 0 Å². The quantitative estimate of drug-likeness (QED) is 0.664. The minimum Gasteiger partial charge on any atom is -0.393 e. The van der Waals surface area contributed by atoms with E-state index in [9.17, 15) is 0 Å². The van der Waals surface area contributed by atoms with Crippen molar-refractivity contribution in [1.29, 1.82) is 0 Å². The summed E-state index contributed by atoms with van der Waals surface area (Å²) in [5, 5.41) is 12.5. The van der Waals surface area contributed by atoms with Crippen molar-refractivity contribution < 1.29 is 5.11 Å². The Morgan fingerprint density at radius 2 is 2.31 bits per heavy atom. The third-order valence-corrected chi connectivity index (χ3v) is 2.67. The first-order valence-electron chi connectivity index (χ1n) is 6.26. The summed E-state index contributed by atoms with van der Waals surface area (Å²) >= 11 is 0. The molecule has 1 unspecified atom stereocenters. The second kappa shape index (κ2) is 7.47. The van der Waals surface area contributed by atoms with E-state index in [1.165, 1.54) is 12.1 Å². The molecule has 0 aliphatic heterocycles. The van der Waals surface area contributed by atoms with Crippen molar-refractivity contribution in [3.63, 3.8) is 0 Å². The van der Waals surface area contributed by atoms with Crippen LogP contribution in [-0.2, 0) is 13.1 Å². The second-order valence-electron chi connectivity index (χ2n) is 4.36. The molecule has 0 saturated heterocycles. The van der Waals surface area contributed by atoms with Crippen LogP contribution in [0.3, 0.4) is 0 Å². The maximum Gasteiger partial charge on any atom is 0.0512 e. The number of aliphatic hydroxyl groups is 1. The number of aromatic nitrogens is 1. The van der Waals surface area contributed by atoms with Crippen molar-refractivity contribution in [2.75, 3.05) is 6.54 Å². The van der Waals surface area contributed by atoms with E-state index in [1.54, 1.807) is 0 Å². The Hall–Kier alpha value is -0.800. The van der Waals surface area contributed by atoms with E-state index in [-0.39, 0.29) is 6.10 Å². The van der Waals surface area contributed by atoms with E-state index in [1.807, 2.05) is 6.92 Å². The largest absolute Gasteiger partial charge is 0.393 e. The normalized spacial score (nSPS) is 12.9. The lowest BCUT2D eigenvalue weighted by Crippen LogP contribution is -2.18. The Labute approximate surface area is 98.5 Å². The first kappa shape index (κ1) is 13.3. The summed E-state index contributed by atoms with van der Waals surface area (Å²) in [6, 6.07) is 4.26. The Morgan fingerprint density at radius 3 is 3.00 bits per heavy atom. The van der Waals surface area contributed by atoms with Crippen LogP contribution in [0.2, 0.25) is 0 Å². The number of nitrogens with one attached hydrogen (secondary N) is 1. The lowest BCUT2D eigenvalue weighted by molar-refractivity contribution is 0.181. The average molecular weight is 224 g/mol. The Balaban J connectivity index is 2.18. The van der Waals surface area contributed by atoms with Gasteiger partial charge >= 0.3 is 0 Å². The molecule has 0 aliphatic rings. The van der Waals surface area contributed by atoms with Gasteiger partial charge in [-0.15, -0.1) is 0 Å². The van der Waals surface area contributed by atoms with Crippen molar-refractivity contribution in [1.82, 2.24) is 9.88 Å². The molecule has 1 aromatic rings. The summed E-state index contributed by atoms with van der Waals surface area (Å²) in [5.74, 6) is 0. The van der Waals surface area contributed by atoms with Crippen LogP contribution in [0.25, 0.3) is 0 Å². The highest BCUT2D eigenvalue weighted by Gasteiger charge is 1.99. The average Bonchev–Trinajstić information content (AvgIpc) is 2.65. The predicted octanol–water partition coefficient (Wildman–Crippen LogP) is 2.15. The Kier molecular flexibility index (Phi) is 6.19. The lowest BCUT2D eigenvalue weighted by Gasteiger charge is -2.09. The van der Waals surface area contributed by atoms with Gasteiger partial charge in [0.25, 0.3) is 0 Å². The number of hydrogen-bond donors (Lipinski definition) is 2. The first-order chi connectivity index (χ1) is 7.74. The Bertz CT molecular complexity index is 281. The zero-order valence-electron chi connectivity index (χ0n) is 10.4. The van der Waals surface area contributed by atoms with Crippen molar-refractivity contribution in [3.8, 4) is 0 Å². The number of rotatable bonds is 8. The van der Waals surface area contributed by atoms with Gasteiger partial charge in [-0.05, 0) is 44.9 Å². The van der Waals surface area contributed by atoms with Crippen LogP contribution in [0.1, 0.15) is 38.8 Å². The van der Waals surface area contributed by atoms with Gasteiger partial charge in [-0.25, -0.2) is 0 Å². The number of aliphatic hydroxyl groups excluding tert-OH is 1. The van der Waals surface area contributed by atoms with E-state index in [2.05, 4.69) is 35.1 Å². The molecule has 1 atom stereocenters. The molecule has 2 N–H and O–H groups in total.